The molecule has 19 heavy (non-hydrogen) atoms. The van der Waals surface area contributed by atoms with Gasteiger partial charge in [-0.1, -0.05) is 6.92 Å². The standard InChI is InChI=1S/C12H16N6S/c1-7(10-14-4-5-19-10)6-18-11-9(15-12(18)13)8(2)16-17(11)3/h4-5,7H,6H2,1-3H3,(H2,13,15). The molecule has 0 bridgehead atoms. The highest BCUT2D eigenvalue weighted by atomic mass is 32.1. The summed E-state index contributed by atoms with van der Waals surface area (Å²) in [5, 5.41) is 7.49. The lowest BCUT2D eigenvalue weighted by molar-refractivity contribution is 0.597. The summed E-state index contributed by atoms with van der Waals surface area (Å²) in [6.07, 6.45) is 1.83. The Bertz CT molecular complexity index is 708. The molecule has 0 saturated heterocycles. The minimum atomic E-state index is 0.301. The van der Waals surface area contributed by atoms with Crippen LogP contribution in [0, 0.1) is 6.92 Å². The molecule has 3 heterocycles. The molecule has 0 aliphatic heterocycles. The monoisotopic (exact) mass is 276 g/mol. The van der Waals surface area contributed by atoms with Crippen molar-refractivity contribution < 1.29 is 0 Å². The summed E-state index contributed by atoms with van der Waals surface area (Å²) in [7, 11) is 1.92. The maximum Gasteiger partial charge on any atom is 0.202 e. The second-order valence-corrected chi connectivity index (χ2v) is 5.66. The van der Waals surface area contributed by atoms with Crippen molar-refractivity contribution in [3.05, 3.63) is 22.3 Å². The van der Waals surface area contributed by atoms with Crippen LogP contribution >= 0.6 is 11.3 Å². The van der Waals surface area contributed by atoms with Crippen molar-refractivity contribution >= 4 is 28.4 Å². The van der Waals surface area contributed by atoms with E-state index in [1.54, 1.807) is 11.3 Å². The van der Waals surface area contributed by atoms with E-state index in [0.717, 1.165) is 28.4 Å². The first-order chi connectivity index (χ1) is 9.08. The Kier molecular flexibility index (Phi) is 2.78. The maximum absolute atomic E-state index is 6.03. The number of fused-ring (bicyclic) bond motifs is 1. The SMILES string of the molecule is Cc1nn(C)c2c1nc(N)n2CC(C)c1nccs1. The molecule has 3 rings (SSSR count). The van der Waals surface area contributed by atoms with Crippen LogP contribution in [0.4, 0.5) is 5.95 Å². The van der Waals surface area contributed by atoms with Crippen molar-refractivity contribution in [2.45, 2.75) is 26.3 Å². The van der Waals surface area contributed by atoms with E-state index in [0.29, 0.717) is 11.9 Å². The Labute approximate surface area is 114 Å². The predicted octanol–water partition coefficient (Wildman–Crippen LogP) is 1.92. The summed E-state index contributed by atoms with van der Waals surface area (Å²) in [4.78, 5) is 8.76. The highest BCUT2D eigenvalue weighted by molar-refractivity contribution is 7.09. The van der Waals surface area contributed by atoms with E-state index in [9.17, 15) is 0 Å². The van der Waals surface area contributed by atoms with E-state index in [1.807, 2.05) is 34.8 Å². The minimum Gasteiger partial charge on any atom is -0.369 e. The first kappa shape index (κ1) is 12.2. The van der Waals surface area contributed by atoms with Crippen molar-refractivity contribution in [3.63, 3.8) is 0 Å². The zero-order valence-electron chi connectivity index (χ0n) is 11.2. The lowest BCUT2D eigenvalue weighted by Gasteiger charge is -2.11. The van der Waals surface area contributed by atoms with Gasteiger partial charge in [-0.3, -0.25) is 9.25 Å². The van der Waals surface area contributed by atoms with Crippen LogP contribution in [0.5, 0.6) is 0 Å². The number of hydrogen-bond acceptors (Lipinski definition) is 5. The predicted molar refractivity (Wildman–Crippen MR) is 76.2 cm³/mol. The van der Waals surface area contributed by atoms with Crippen molar-refractivity contribution in [2.24, 2.45) is 7.05 Å². The molecule has 0 radical (unpaired) electrons. The molecule has 0 spiro atoms. The highest BCUT2D eigenvalue weighted by Crippen LogP contribution is 2.25. The van der Waals surface area contributed by atoms with Crippen LogP contribution in [0.25, 0.3) is 11.2 Å². The first-order valence-corrected chi connectivity index (χ1v) is 7.00. The second-order valence-electron chi connectivity index (χ2n) is 4.73. The third-order valence-corrected chi connectivity index (χ3v) is 4.26. The Hall–Kier alpha value is -1.89. The van der Waals surface area contributed by atoms with Gasteiger partial charge in [0.05, 0.1) is 10.7 Å². The van der Waals surface area contributed by atoms with Gasteiger partial charge in [0.15, 0.2) is 5.65 Å². The molecule has 0 aliphatic carbocycles. The number of aryl methyl sites for hydroxylation is 2. The van der Waals surface area contributed by atoms with Crippen LogP contribution in [0.1, 0.15) is 23.5 Å². The van der Waals surface area contributed by atoms with Gasteiger partial charge in [-0.2, -0.15) is 5.10 Å². The Morgan fingerprint density at radius 3 is 2.95 bits per heavy atom. The number of thiazole rings is 1. The third kappa shape index (κ3) is 1.90. The fourth-order valence-electron chi connectivity index (χ4n) is 2.36. The number of nitrogen functional groups attached to an aromatic ring is 1. The number of nitrogens with two attached hydrogens (primary N) is 1. The van der Waals surface area contributed by atoms with Crippen molar-refractivity contribution in [1.29, 1.82) is 0 Å². The zero-order valence-corrected chi connectivity index (χ0v) is 12.0. The van der Waals surface area contributed by atoms with Gasteiger partial charge >= 0.3 is 0 Å². The van der Waals surface area contributed by atoms with Crippen LogP contribution in [0.15, 0.2) is 11.6 Å². The zero-order chi connectivity index (χ0) is 13.6. The van der Waals surface area contributed by atoms with Crippen molar-refractivity contribution in [3.8, 4) is 0 Å². The molecular formula is C12H16N6S. The molecule has 3 aromatic rings. The lowest BCUT2D eigenvalue weighted by Crippen LogP contribution is -2.11. The Morgan fingerprint density at radius 1 is 1.47 bits per heavy atom. The van der Waals surface area contributed by atoms with Gasteiger partial charge in [-0.05, 0) is 6.92 Å². The van der Waals surface area contributed by atoms with E-state index < -0.39 is 0 Å². The van der Waals surface area contributed by atoms with E-state index >= 15 is 0 Å². The summed E-state index contributed by atoms with van der Waals surface area (Å²) >= 11 is 1.67. The quantitative estimate of drug-likeness (QED) is 0.793. The third-order valence-electron chi connectivity index (χ3n) is 3.25. The highest BCUT2D eigenvalue weighted by Gasteiger charge is 2.18. The van der Waals surface area contributed by atoms with Crippen molar-refractivity contribution in [1.82, 2.24) is 24.3 Å². The molecular weight excluding hydrogens is 260 g/mol. The van der Waals surface area contributed by atoms with Gasteiger partial charge < -0.3 is 5.73 Å². The molecule has 1 atom stereocenters. The summed E-state index contributed by atoms with van der Waals surface area (Å²) in [5.74, 6) is 0.837. The van der Waals surface area contributed by atoms with Crippen molar-refractivity contribution in [2.75, 3.05) is 5.73 Å². The van der Waals surface area contributed by atoms with E-state index in [2.05, 4.69) is 22.0 Å². The fraction of sp³-hybridized carbons (Fsp3) is 0.417. The summed E-state index contributed by atoms with van der Waals surface area (Å²) < 4.78 is 3.85. The minimum absolute atomic E-state index is 0.301. The number of hydrogen-bond donors (Lipinski definition) is 1. The number of imidazole rings is 1. The molecule has 6 nitrogen and oxygen atoms in total. The van der Waals surface area contributed by atoms with Crippen LogP contribution < -0.4 is 5.73 Å². The summed E-state index contributed by atoms with van der Waals surface area (Å²) in [6.45, 7) is 4.85. The second kappa shape index (κ2) is 4.34. The molecule has 0 amide bonds. The molecule has 2 N–H and O–H groups in total. The van der Waals surface area contributed by atoms with Gasteiger partial charge in [-0.25, -0.2) is 9.97 Å². The average molecular weight is 276 g/mol. The molecule has 100 valence electrons. The van der Waals surface area contributed by atoms with Gasteiger partial charge in [0, 0.05) is 31.1 Å². The number of rotatable bonds is 3. The molecule has 7 heteroatoms. The van der Waals surface area contributed by atoms with Crippen LogP contribution in [0.2, 0.25) is 0 Å². The molecule has 0 aliphatic rings. The van der Waals surface area contributed by atoms with E-state index in [4.69, 9.17) is 5.73 Å². The van der Waals surface area contributed by atoms with Crippen LogP contribution in [-0.2, 0) is 13.6 Å². The largest absolute Gasteiger partial charge is 0.369 e. The molecule has 0 aromatic carbocycles. The topological polar surface area (TPSA) is 74.6 Å². The van der Waals surface area contributed by atoms with Crippen LogP contribution in [0.3, 0.4) is 0 Å². The number of anilines is 1. The number of aromatic nitrogens is 5. The van der Waals surface area contributed by atoms with Crippen LogP contribution in [-0.4, -0.2) is 24.3 Å². The fourth-order valence-corrected chi connectivity index (χ4v) is 3.05. The molecule has 0 saturated carbocycles. The van der Waals surface area contributed by atoms with E-state index in [-0.39, 0.29) is 0 Å². The Balaban J connectivity index is 2.03. The van der Waals surface area contributed by atoms with Gasteiger partial charge in [0.2, 0.25) is 5.95 Å². The average Bonchev–Trinajstić information content (AvgIpc) is 3.02. The molecule has 3 aromatic heterocycles. The smallest absolute Gasteiger partial charge is 0.202 e. The van der Waals surface area contributed by atoms with Gasteiger partial charge in [0.25, 0.3) is 0 Å². The normalized spacial score (nSPS) is 13.2. The van der Waals surface area contributed by atoms with Gasteiger partial charge in [-0.15, -0.1) is 11.3 Å². The summed E-state index contributed by atoms with van der Waals surface area (Å²) in [5.41, 5.74) is 8.79. The van der Waals surface area contributed by atoms with Gasteiger partial charge in [0.1, 0.15) is 5.52 Å². The maximum atomic E-state index is 6.03. The molecule has 0 fully saturated rings. The number of nitrogens with zero attached hydrogens (tertiary/aromatic N) is 5. The lowest BCUT2D eigenvalue weighted by atomic mass is 10.2. The molecule has 1 unspecified atom stereocenters. The summed E-state index contributed by atoms with van der Waals surface area (Å²) in [6, 6.07) is 0. The van der Waals surface area contributed by atoms with E-state index in [1.165, 1.54) is 0 Å². The Morgan fingerprint density at radius 2 is 2.26 bits per heavy atom. The first-order valence-electron chi connectivity index (χ1n) is 6.12.